The average Bonchev–Trinajstić information content (AvgIpc) is 3.49. The number of carbonyl (C=O) groups is 1. The van der Waals surface area contributed by atoms with Gasteiger partial charge in [0, 0.05) is 10.8 Å². The Hall–Kier alpha value is -2.46. The number of rotatable bonds is 5. The van der Waals surface area contributed by atoms with Gasteiger partial charge in [0.25, 0.3) is 0 Å². The van der Waals surface area contributed by atoms with Gasteiger partial charge in [0.15, 0.2) is 5.76 Å². The summed E-state index contributed by atoms with van der Waals surface area (Å²) in [7, 11) is -1.43. The summed E-state index contributed by atoms with van der Waals surface area (Å²) in [5, 5.41) is 0. The maximum Gasteiger partial charge on any atom is 0.203 e. The van der Waals surface area contributed by atoms with E-state index in [0.29, 0.717) is 21.6 Å². The summed E-state index contributed by atoms with van der Waals surface area (Å²) in [5.74, 6) is 1.39. The van der Waals surface area contributed by atoms with Crippen LogP contribution in [0.3, 0.4) is 0 Å². The molecule has 2 aliphatic carbocycles. The third-order valence-electron chi connectivity index (χ3n) is 6.69. The second-order valence-corrected chi connectivity index (χ2v) is 9.80. The molecule has 1 heterocycles. The van der Waals surface area contributed by atoms with Crippen LogP contribution in [0.1, 0.15) is 46.9 Å². The Labute approximate surface area is 173 Å². The number of furan rings is 1. The van der Waals surface area contributed by atoms with Crippen molar-refractivity contribution in [2.45, 2.75) is 41.9 Å². The molecule has 2 aromatic carbocycles. The molecule has 4 heteroatoms. The minimum atomic E-state index is -1.43. The first-order valence-corrected chi connectivity index (χ1v) is 11.4. The maximum absolute atomic E-state index is 13.7. The lowest BCUT2D eigenvalue weighted by molar-refractivity contribution is 0.0819. The predicted molar refractivity (Wildman–Crippen MR) is 112 cm³/mol. The molecular formula is C25H24O3S. The van der Waals surface area contributed by atoms with Gasteiger partial charge in [-0.3, -0.25) is 4.79 Å². The van der Waals surface area contributed by atoms with E-state index in [2.05, 4.69) is 12.1 Å². The summed E-state index contributed by atoms with van der Waals surface area (Å²) in [6.45, 7) is 2.00. The SMILES string of the molecule is Cc1ccc([S@](=O)c2ccoc2C(=O)[C@@H]2[C@@H]3CC[C@@H](C3)[C@H]2c2ccccc2)cc1. The van der Waals surface area contributed by atoms with Crippen LogP contribution in [0.15, 0.2) is 81.1 Å². The van der Waals surface area contributed by atoms with E-state index in [9.17, 15) is 9.00 Å². The summed E-state index contributed by atoms with van der Waals surface area (Å²) >= 11 is 0. The molecule has 0 radical (unpaired) electrons. The number of fused-ring (bicyclic) bond motifs is 2. The van der Waals surface area contributed by atoms with Crippen LogP contribution < -0.4 is 0 Å². The van der Waals surface area contributed by atoms with Crippen LogP contribution in [0.4, 0.5) is 0 Å². The van der Waals surface area contributed by atoms with Gasteiger partial charge in [-0.25, -0.2) is 4.21 Å². The van der Waals surface area contributed by atoms with E-state index in [0.717, 1.165) is 18.4 Å². The molecule has 1 aromatic heterocycles. The molecule has 0 N–H and O–H groups in total. The molecule has 2 bridgehead atoms. The third-order valence-corrected chi connectivity index (χ3v) is 8.11. The maximum atomic E-state index is 13.7. The molecule has 148 valence electrons. The van der Waals surface area contributed by atoms with Gasteiger partial charge in [-0.2, -0.15) is 0 Å². The zero-order chi connectivity index (χ0) is 20.0. The van der Waals surface area contributed by atoms with Crippen LogP contribution in [-0.2, 0) is 10.8 Å². The highest BCUT2D eigenvalue weighted by Crippen LogP contribution is 2.57. The van der Waals surface area contributed by atoms with Crippen molar-refractivity contribution in [1.29, 1.82) is 0 Å². The standard InChI is InChI=1S/C25H24O3S/c1-16-7-11-20(12-8-16)29(27)21-13-14-28-25(21)24(26)23-19-10-9-18(15-19)22(23)17-5-3-2-4-6-17/h2-8,11-14,18-19,22-23H,9-10,15H2,1H3/t18-,19+,22+,23+,29-/m0/s1. The summed E-state index contributed by atoms with van der Waals surface area (Å²) in [4.78, 5) is 14.9. The van der Waals surface area contributed by atoms with Gasteiger partial charge < -0.3 is 4.42 Å². The monoisotopic (exact) mass is 404 g/mol. The van der Waals surface area contributed by atoms with Gasteiger partial charge in [0.2, 0.25) is 5.78 Å². The van der Waals surface area contributed by atoms with Crippen molar-refractivity contribution < 1.29 is 13.4 Å². The third kappa shape index (κ3) is 3.20. The summed E-state index contributed by atoms with van der Waals surface area (Å²) in [6, 6.07) is 19.7. The number of Topliss-reactive ketones (excluding diaryl/α,β-unsaturated/α-hetero) is 1. The molecule has 29 heavy (non-hydrogen) atoms. The van der Waals surface area contributed by atoms with Gasteiger partial charge in [-0.15, -0.1) is 0 Å². The quantitative estimate of drug-likeness (QED) is 0.507. The molecule has 2 saturated carbocycles. The van der Waals surface area contributed by atoms with E-state index < -0.39 is 10.8 Å². The Morgan fingerprint density at radius 2 is 1.69 bits per heavy atom. The fraction of sp³-hybridized carbons (Fsp3) is 0.320. The molecule has 2 aliphatic rings. The first kappa shape index (κ1) is 18.6. The molecule has 0 amide bonds. The fourth-order valence-electron chi connectivity index (χ4n) is 5.39. The highest BCUT2D eigenvalue weighted by Gasteiger charge is 2.52. The Bertz CT molecular complexity index is 1050. The van der Waals surface area contributed by atoms with Gasteiger partial charge in [0.05, 0.1) is 22.0 Å². The Kier molecular flexibility index (Phi) is 4.75. The zero-order valence-electron chi connectivity index (χ0n) is 16.4. The topological polar surface area (TPSA) is 47.3 Å². The van der Waals surface area contributed by atoms with Crippen LogP contribution in [0.25, 0.3) is 0 Å². The van der Waals surface area contributed by atoms with Crippen molar-refractivity contribution in [1.82, 2.24) is 0 Å². The molecule has 3 aromatic rings. The van der Waals surface area contributed by atoms with E-state index in [4.69, 9.17) is 4.42 Å². The van der Waals surface area contributed by atoms with E-state index in [1.54, 1.807) is 6.07 Å². The van der Waals surface area contributed by atoms with Crippen LogP contribution >= 0.6 is 0 Å². The molecule has 3 nitrogen and oxygen atoms in total. The van der Waals surface area contributed by atoms with Crippen molar-refractivity contribution >= 4 is 16.6 Å². The molecular weight excluding hydrogens is 380 g/mol. The average molecular weight is 405 g/mol. The first-order chi connectivity index (χ1) is 14.1. The minimum Gasteiger partial charge on any atom is -0.460 e. The molecule has 0 saturated heterocycles. The lowest BCUT2D eigenvalue weighted by Gasteiger charge is -2.30. The smallest absolute Gasteiger partial charge is 0.203 e. The molecule has 5 atom stereocenters. The van der Waals surface area contributed by atoms with Crippen LogP contribution in [-0.4, -0.2) is 9.99 Å². The van der Waals surface area contributed by atoms with Crippen LogP contribution in [0.2, 0.25) is 0 Å². The van der Waals surface area contributed by atoms with E-state index >= 15 is 0 Å². The van der Waals surface area contributed by atoms with Crippen molar-refractivity contribution in [2.75, 3.05) is 0 Å². The summed E-state index contributed by atoms with van der Waals surface area (Å²) in [6.07, 6.45) is 4.89. The minimum absolute atomic E-state index is 0.0199. The van der Waals surface area contributed by atoms with Gasteiger partial charge in [0.1, 0.15) is 0 Å². The predicted octanol–water partition coefficient (Wildman–Crippen LogP) is 5.77. The molecule has 0 aliphatic heterocycles. The Morgan fingerprint density at radius 1 is 0.966 bits per heavy atom. The lowest BCUT2D eigenvalue weighted by atomic mass is 9.73. The van der Waals surface area contributed by atoms with E-state index in [1.165, 1.54) is 18.2 Å². The van der Waals surface area contributed by atoms with Crippen LogP contribution in [0, 0.1) is 24.7 Å². The van der Waals surface area contributed by atoms with Gasteiger partial charge in [-0.05, 0) is 67.7 Å². The Morgan fingerprint density at radius 3 is 2.45 bits per heavy atom. The summed E-state index contributed by atoms with van der Waals surface area (Å²) in [5.41, 5.74) is 2.35. The number of ketones is 1. The lowest BCUT2D eigenvalue weighted by Crippen LogP contribution is -2.28. The van der Waals surface area contributed by atoms with Crippen LogP contribution in [0.5, 0.6) is 0 Å². The molecule has 2 fully saturated rings. The fourth-order valence-corrected chi connectivity index (χ4v) is 6.52. The number of hydrogen-bond donors (Lipinski definition) is 0. The van der Waals surface area contributed by atoms with Crippen molar-refractivity contribution in [2.24, 2.45) is 17.8 Å². The molecule has 0 unspecified atom stereocenters. The zero-order valence-corrected chi connectivity index (χ0v) is 17.2. The number of hydrogen-bond acceptors (Lipinski definition) is 3. The molecule has 5 rings (SSSR count). The second kappa shape index (κ2) is 7.42. The summed E-state index contributed by atoms with van der Waals surface area (Å²) < 4.78 is 18.8. The second-order valence-electron chi connectivity index (χ2n) is 8.36. The number of carbonyl (C=O) groups excluding carboxylic acids is 1. The van der Waals surface area contributed by atoms with Crippen molar-refractivity contribution in [3.05, 3.63) is 83.8 Å². The van der Waals surface area contributed by atoms with E-state index in [1.807, 2.05) is 49.4 Å². The first-order valence-electron chi connectivity index (χ1n) is 10.3. The number of benzene rings is 2. The normalized spacial score (nSPS) is 26.5. The van der Waals surface area contributed by atoms with E-state index in [-0.39, 0.29) is 23.4 Å². The Balaban J connectivity index is 1.49. The van der Waals surface area contributed by atoms with Crippen molar-refractivity contribution in [3.8, 4) is 0 Å². The van der Waals surface area contributed by atoms with Crippen molar-refractivity contribution in [3.63, 3.8) is 0 Å². The molecule has 0 spiro atoms. The highest BCUT2D eigenvalue weighted by atomic mass is 32.2. The largest absolute Gasteiger partial charge is 0.460 e. The van der Waals surface area contributed by atoms with Gasteiger partial charge >= 0.3 is 0 Å². The highest BCUT2D eigenvalue weighted by molar-refractivity contribution is 7.85. The number of aryl methyl sites for hydroxylation is 1. The van der Waals surface area contributed by atoms with Gasteiger partial charge in [-0.1, -0.05) is 48.0 Å².